The van der Waals surface area contributed by atoms with Gasteiger partial charge in [-0.2, -0.15) is 0 Å². The van der Waals surface area contributed by atoms with Crippen LogP contribution in [-0.4, -0.2) is 20.0 Å². The first-order valence-electron chi connectivity index (χ1n) is 6.51. The lowest BCUT2D eigenvalue weighted by molar-refractivity contribution is -0.0123. The van der Waals surface area contributed by atoms with Gasteiger partial charge in [-0.05, 0) is 43.5 Å². The zero-order valence-corrected chi connectivity index (χ0v) is 11.1. The highest BCUT2D eigenvalue weighted by molar-refractivity contribution is 5.21. The van der Waals surface area contributed by atoms with Crippen molar-refractivity contribution >= 4 is 0 Å². The Hall–Kier alpha value is -1.55. The summed E-state index contributed by atoms with van der Waals surface area (Å²) >= 11 is 0. The molecule has 0 aromatic heterocycles. The van der Waals surface area contributed by atoms with Gasteiger partial charge in [-0.25, -0.2) is 4.39 Å². The van der Waals surface area contributed by atoms with E-state index in [0.717, 1.165) is 25.7 Å². The second-order valence-corrected chi connectivity index (χ2v) is 4.08. The topological polar surface area (TPSA) is 27.7 Å². The van der Waals surface area contributed by atoms with Crippen LogP contribution in [0, 0.1) is 5.82 Å². The van der Waals surface area contributed by atoms with Gasteiger partial charge in [-0.3, -0.25) is 0 Å². The van der Waals surface area contributed by atoms with Gasteiger partial charge in [-0.15, -0.1) is 0 Å². The monoisotopic (exact) mass is 268 g/mol. The summed E-state index contributed by atoms with van der Waals surface area (Å²) in [6, 6.07) is 6.08. The maximum absolute atomic E-state index is 12.6. The minimum Gasteiger partial charge on any atom is -0.494 e. The molecule has 0 N–H and O–H groups in total. The molecule has 0 atom stereocenters. The van der Waals surface area contributed by atoms with Crippen molar-refractivity contribution in [3.63, 3.8) is 0 Å². The van der Waals surface area contributed by atoms with Crippen LogP contribution in [0.15, 0.2) is 37.1 Å². The maximum atomic E-state index is 12.6. The first-order chi connectivity index (χ1) is 9.33. The van der Waals surface area contributed by atoms with Gasteiger partial charge in [0, 0.05) is 0 Å². The average molecular weight is 268 g/mol. The average Bonchev–Trinajstić information content (AvgIpc) is 2.43. The SMILES string of the molecule is C=COCOCCCCCCOc1ccc(F)cc1. The largest absolute Gasteiger partial charge is 0.494 e. The van der Waals surface area contributed by atoms with E-state index in [9.17, 15) is 4.39 Å². The molecular formula is C15H21FO3. The van der Waals surface area contributed by atoms with Crippen molar-refractivity contribution < 1.29 is 18.6 Å². The Balaban J connectivity index is 1.88. The number of hydrogen-bond acceptors (Lipinski definition) is 3. The molecule has 0 radical (unpaired) electrons. The highest BCUT2D eigenvalue weighted by Gasteiger charge is 1.95. The molecule has 0 aliphatic heterocycles. The lowest BCUT2D eigenvalue weighted by Gasteiger charge is -2.06. The predicted molar refractivity (Wildman–Crippen MR) is 72.5 cm³/mol. The molecule has 0 aliphatic rings. The molecule has 0 spiro atoms. The van der Waals surface area contributed by atoms with Crippen molar-refractivity contribution in [2.45, 2.75) is 25.7 Å². The zero-order valence-electron chi connectivity index (χ0n) is 11.1. The molecule has 0 fully saturated rings. The lowest BCUT2D eigenvalue weighted by atomic mass is 10.2. The third-order valence-corrected chi connectivity index (χ3v) is 2.53. The van der Waals surface area contributed by atoms with Gasteiger partial charge in [0.2, 0.25) is 0 Å². The van der Waals surface area contributed by atoms with E-state index >= 15 is 0 Å². The molecule has 0 heterocycles. The summed E-state index contributed by atoms with van der Waals surface area (Å²) in [6.07, 6.45) is 5.55. The third-order valence-electron chi connectivity index (χ3n) is 2.53. The second-order valence-electron chi connectivity index (χ2n) is 4.08. The standard InChI is InChI=1S/C15H21FO3/c1-2-17-13-18-11-5-3-4-6-12-19-15-9-7-14(16)8-10-15/h2,7-10H,1,3-6,11-13H2. The zero-order chi connectivity index (χ0) is 13.8. The molecule has 19 heavy (non-hydrogen) atoms. The molecule has 0 bridgehead atoms. The van der Waals surface area contributed by atoms with E-state index in [1.54, 1.807) is 12.1 Å². The molecular weight excluding hydrogens is 247 g/mol. The van der Waals surface area contributed by atoms with Gasteiger partial charge in [0.15, 0.2) is 6.79 Å². The van der Waals surface area contributed by atoms with Crippen molar-refractivity contribution in [3.05, 3.63) is 42.9 Å². The summed E-state index contributed by atoms with van der Waals surface area (Å²) in [4.78, 5) is 0. The Morgan fingerprint density at radius 2 is 1.68 bits per heavy atom. The number of hydrogen-bond donors (Lipinski definition) is 0. The van der Waals surface area contributed by atoms with E-state index in [1.807, 2.05) is 0 Å². The van der Waals surface area contributed by atoms with Crippen molar-refractivity contribution in [2.75, 3.05) is 20.0 Å². The van der Waals surface area contributed by atoms with Crippen LogP contribution in [0.5, 0.6) is 5.75 Å². The van der Waals surface area contributed by atoms with E-state index in [1.165, 1.54) is 18.4 Å². The van der Waals surface area contributed by atoms with Gasteiger partial charge in [0.25, 0.3) is 0 Å². The van der Waals surface area contributed by atoms with Gasteiger partial charge in [0.05, 0.1) is 19.5 Å². The number of ether oxygens (including phenoxy) is 3. The molecule has 1 aromatic carbocycles. The molecule has 1 aromatic rings. The van der Waals surface area contributed by atoms with Crippen LogP contribution in [0.1, 0.15) is 25.7 Å². The summed E-state index contributed by atoms with van der Waals surface area (Å²) < 4.78 is 28.2. The van der Waals surface area contributed by atoms with E-state index < -0.39 is 0 Å². The van der Waals surface area contributed by atoms with Gasteiger partial charge >= 0.3 is 0 Å². The molecule has 1 rings (SSSR count). The fraction of sp³-hybridized carbons (Fsp3) is 0.467. The molecule has 3 nitrogen and oxygen atoms in total. The summed E-state index contributed by atoms with van der Waals surface area (Å²) in [7, 11) is 0. The van der Waals surface area contributed by atoms with E-state index in [4.69, 9.17) is 14.2 Å². The van der Waals surface area contributed by atoms with Crippen molar-refractivity contribution in [2.24, 2.45) is 0 Å². The highest BCUT2D eigenvalue weighted by Crippen LogP contribution is 2.11. The van der Waals surface area contributed by atoms with Gasteiger partial charge < -0.3 is 14.2 Å². The quantitative estimate of drug-likeness (QED) is 0.346. The summed E-state index contributed by atoms with van der Waals surface area (Å²) in [5, 5.41) is 0. The summed E-state index contributed by atoms with van der Waals surface area (Å²) in [5.41, 5.74) is 0. The van der Waals surface area contributed by atoms with E-state index in [0.29, 0.717) is 19.0 Å². The van der Waals surface area contributed by atoms with E-state index in [-0.39, 0.29) is 12.6 Å². The molecule has 0 aliphatic carbocycles. The van der Waals surface area contributed by atoms with Crippen LogP contribution < -0.4 is 4.74 Å². The van der Waals surface area contributed by atoms with Crippen molar-refractivity contribution in [1.82, 2.24) is 0 Å². The third kappa shape index (κ3) is 8.21. The van der Waals surface area contributed by atoms with Crippen LogP contribution >= 0.6 is 0 Å². The second kappa shape index (κ2) is 10.4. The minimum absolute atomic E-state index is 0.243. The van der Waals surface area contributed by atoms with Crippen molar-refractivity contribution in [1.29, 1.82) is 0 Å². The van der Waals surface area contributed by atoms with Crippen LogP contribution in [0.2, 0.25) is 0 Å². The molecule has 4 heteroatoms. The first-order valence-corrected chi connectivity index (χ1v) is 6.51. The number of halogens is 1. The minimum atomic E-state index is -0.243. The van der Waals surface area contributed by atoms with Crippen molar-refractivity contribution in [3.8, 4) is 5.75 Å². The summed E-state index contributed by atoms with van der Waals surface area (Å²) in [5.74, 6) is 0.471. The Labute approximate surface area is 114 Å². The fourth-order valence-corrected chi connectivity index (χ4v) is 1.54. The Morgan fingerprint density at radius 1 is 1.00 bits per heavy atom. The smallest absolute Gasteiger partial charge is 0.188 e. The Morgan fingerprint density at radius 3 is 2.37 bits per heavy atom. The van der Waals surface area contributed by atoms with Crippen LogP contribution in [0.4, 0.5) is 4.39 Å². The normalized spacial score (nSPS) is 10.2. The van der Waals surface area contributed by atoms with Crippen LogP contribution in [-0.2, 0) is 9.47 Å². The first kappa shape index (κ1) is 15.5. The summed E-state index contributed by atoms with van der Waals surface area (Å²) in [6.45, 7) is 5.06. The number of unbranched alkanes of at least 4 members (excludes halogenated alkanes) is 3. The molecule has 0 amide bonds. The van der Waals surface area contributed by atoms with E-state index in [2.05, 4.69) is 6.58 Å². The fourth-order valence-electron chi connectivity index (χ4n) is 1.54. The van der Waals surface area contributed by atoms with Gasteiger partial charge in [0.1, 0.15) is 11.6 Å². The molecule has 0 unspecified atom stereocenters. The molecule has 0 saturated heterocycles. The predicted octanol–water partition coefficient (Wildman–Crippen LogP) is 3.90. The molecule has 106 valence electrons. The highest BCUT2D eigenvalue weighted by atomic mass is 19.1. The lowest BCUT2D eigenvalue weighted by Crippen LogP contribution is -1.99. The number of benzene rings is 1. The van der Waals surface area contributed by atoms with Gasteiger partial charge in [-0.1, -0.05) is 13.0 Å². The van der Waals surface area contributed by atoms with Crippen LogP contribution in [0.25, 0.3) is 0 Å². The Bertz CT molecular complexity index is 338. The molecule has 0 saturated carbocycles. The number of rotatable bonds is 11. The van der Waals surface area contributed by atoms with Crippen LogP contribution in [0.3, 0.4) is 0 Å². The maximum Gasteiger partial charge on any atom is 0.188 e. The Kier molecular flexibility index (Phi) is 8.47.